The van der Waals surface area contributed by atoms with Crippen molar-refractivity contribution in [1.82, 2.24) is 5.43 Å². The van der Waals surface area contributed by atoms with E-state index in [1.165, 1.54) is 12.1 Å². The van der Waals surface area contributed by atoms with E-state index in [9.17, 15) is 8.78 Å². The predicted octanol–water partition coefficient (Wildman–Crippen LogP) is 2.74. The van der Waals surface area contributed by atoms with Gasteiger partial charge in [0.1, 0.15) is 11.6 Å². The highest BCUT2D eigenvalue weighted by molar-refractivity contribution is 5.29. The molecule has 5 heteroatoms. The van der Waals surface area contributed by atoms with Crippen molar-refractivity contribution < 1.29 is 13.5 Å². The Kier molecular flexibility index (Phi) is 4.85. The summed E-state index contributed by atoms with van der Waals surface area (Å²) in [7, 11) is 0. The number of benzene rings is 1. The molecule has 0 spiro atoms. The first-order valence-corrected chi connectivity index (χ1v) is 6.65. The average molecular weight is 270 g/mol. The van der Waals surface area contributed by atoms with Gasteiger partial charge < -0.3 is 4.74 Å². The Labute approximate surface area is 112 Å². The maximum Gasteiger partial charge on any atom is 0.133 e. The van der Waals surface area contributed by atoms with E-state index < -0.39 is 17.7 Å². The Bertz CT molecular complexity index is 434. The minimum absolute atomic E-state index is 0.00844. The highest BCUT2D eigenvalue weighted by Crippen LogP contribution is 2.29. The molecule has 3 nitrogen and oxygen atoms in total. The van der Waals surface area contributed by atoms with Crippen molar-refractivity contribution >= 4 is 0 Å². The van der Waals surface area contributed by atoms with Gasteiger partial charge in [-0.3, -0.25) is 11.3 Å². The normalized spacial score (nSPS) is 21.4. The molecular formula is C14H20F2N2O. The molecule has 1 aromatic rings. The van der Waals surface area contributed by atoms with Gasteiger partial charge in [-0.25, -0.2) is 8.78 Å². The molecule has 0 saturated carbocycles. The summed E-state index contributed by atoms with van der Waals surface area (Å²) in [5, 5.41) is 0. The maximum absolute atomic E-state index is 14.1. The molecule has 1 saturated heterocycles. The third kappa shape index (κ3) is 3.29. The number of hydrogen-bond acceptors (Lipinski definition) is 3. The second kappa shape index (κ2) is 6.41. The van der Waals surface area contributed by atoms with Crippen molar-refractivity contribution in [1.29, 1.82) is 0 Å². The van der Waals surface area contributed by atoms with Crippen LogP contribution in [-0.2, 0) is 4.74 Å². The third-order valence-corrected chi connectivity index (χ3v) is 3.64. The molecule has 1 aliphatic rings. The fraction of sp³-hybridized carbons (Fsp3) is 0.571. The highest BCUT2D eigenvalue weighted by Gasteiger charge is 2.25. The van der Waals surface area contributed by atoms with Crippen molar-refractivity contribution in [3.05, 3.63) is 34.9 Å². The van der Waals surface area contributed by atoms with Crippen LogP contribution in [0.5, 0.6) is 0 Å². The molecule has 1 aliphatic heterocycles. The molecule has 1 heterocycles. The molecular weight excluding hydrogens is 250 g/mol. The van der Waals surface area contributed by atoms with Crippen molar-refractivity contribution in [2.24, 2.45) is 5.84 Å². The smallest absolute Gasteiger partial charge is 0.133 e. The first-order chi connectivity index (χ1) is 9.13. The van der Waals surface area contributed by atoms with E-state index in [1.807, 2.05) is 0 Å². The van der Waals surface area contributed by atoms with E-state index in [0.717, 1.165) is 19.3 Å². The van der Waals surface area contributed by atoms with E-state index in [1.54, 1.807) is 6.92 Å². The first kappa shape index (κ1) is 14.4. The molecule has 2 rings (SSSR count). The molecule has 3 N–H and O–H groups in total. The number of hydrazine groups is 1. The lowest BCUT2D eigenvalue weighted by Gasteiger charge is -2.27. The molecule has 2 atom stereocenters. The van der Waals surface area contributed by atoms with Crippen LogP contribution in [-0.4, -0.2) is 12.7 Å². The molecule has 0 aromatic heterocycles. The second-order valence-electron chi connectivity index (χ2n) is 5.04. The largest absolute Gasteiger partial charge is 0.378 e. The molecule has 2 unspecified atom stereocenters. The summed E-state index contributed by atoms with van der Waals surface area (Å²) >= 11 is 0. The topological polar surface area (TPSA) is 47.3 Å². The maximum atomic E-state index is 14.1. The number of ether oxygens (including phenoxy) is 1. The molecule has 1 fully saturated rings. The first-order valence-electron chi connectivity index (χ1n) is 6.65. The Morgan fingerprint density at radius 1 is 1.42 bits per heavy atom. The second-order valence-corrected chi connectivity index (χ2v) is 5.04. The lowest BCUT2D eigenvalue weighted by molar-refractivity contribution is 0.00461. The minimum atomic E-state index is -0.568. The Morgan fingerprint density at radius 3 is 2.84 bits per heavy atom. The van der Waals surface area contributed by atoms with Crippen molar-refractivity contribution in [3.63, 3.8) is 0 Å². The van der Waals surface area contributed by atoms with Crippen LogP contribution in [0.3, 0.4) is 0 Å². The lowest BCUT2D eigenvalue weighted by atomic mass is 9.95. The van der Waals surface area contributed by atoms with E-state index >= 15 is 0 Å². The molecule has 0 amide bonds. The Morgan fingerprint density at radius 2 is 2.21 bits per heavy atom. The van der Waals surface area contributed by atoms with Crippen LogP contribution >= 0.6 is 0 Å². The Hall–Kier alpha value is -1.04. The zero-order chi connectivity index (χ0) is 13.8. The summed E-state index contributed by atoms with van der Waals surface area (Å²) in [5.41, 5.74) is 2.94. The van der Waals surface area contributed by atoms with Gasteiger partial charge in [-0.2, -0.15) is 0 Å². The summed E-state index contributed by atoms with van der Waals surface area (Å²) in [4.78, 5) is 0. The van der Waals surface area contributed by atoms with Gasteiger partial charge in [0.25, 0.3) is 0 Å². The Balaban J connectivity index is 2.19. The van der Waals surface area contributed by atoms with Crippen LogP contribution in [0.2, 0.25) is 0 Å². The fourth-order valence-electron chi connectivity index (χ4n) is 2.52. The number of hydrogen-bond donors (Lipinski definition) is 2. The molecule has 106 valence electrons. The lowest BCUT2D eigenvalue weighted by Crippen LogP contribution is -2.34. The number of aryl methyl sites for hydroxylation is 1. The van der Waals surface area contributed by atoms with Crippen molar-refractivity contribution in [2.45, 2.75) is 44.8 Å². The summed E-state index contributed by atoms with van der Waals surface area (Å²) in [6.45, 7) is 2.32. The van der Waals surface area contributed by atoms with Crippen LogP contribution in [0.25, 0.3) is 0 Å². The quantitative estimate of drug-likeness (QED) is 0.653. The van der Waals surface area contributed by atoms with Gasteiger partial charge in [-0.15, -0.1) is 0 Å². The molecule has 19 heavy (non-hydrogen) atoms. The summed E-state index contributed by atoms with van der Waals surface area (Å²) in [5.74, 6) is 4.37. The molecule has 0 radical (unpaired) electrons. The van der Waals surface area contributed by atoms with Crippen LogP contribution in [0.1, 0.15) is 42.9 Å². The van der Waals surface area contributed by atoms with Gasteiger partial charge in [-0.1, -0.05) is 6.07 Å². The van der Waals surface area contributed by atoms with Gasteiger partial charge >= 0.3 is 0 Å². The average Bonchev–Trinajstić information content (AvgIpc) is 2.43. The summed E-state index contributed by atoms with van der Waals surface area (Å²) in [6, 6.07) is 2.14. The van der Waals surface area contributed by atoms with Gasteiger partial charge in [0.05, 0.1) is 12.1 Å². The van der Waals surface area contributed by atoms with Gasteiger partial charge in [0.15, 0.2) is 0 Å². The summed E-state index contributed by atoms with van der Waals surface area (Å²) < 4.78 is 33.5. The van der Waals surface area contributed by atoms with Crippen molar-refractivity contribution in [2.75, 3.05) is 6.61 Å². The molecule has 0 bridgehead atoms. The SMILES string of the molecule is Cc1ccc(F)c(C(CC2CCCCO2)NN)c1F. The fourth-order valence-corrected chi connectivity index (χ4v) is 2.52. The third-order valence-electron chi connectivity index (χ3n) is 3.64. The number of rotatable bonds is 4. The summed E-state index contributed by atoms with van der Waals surface area (Å²) in [6.07, 6.45) is 3.53. The number of nitrogens with one attached hydrogen (secondary N) is 1. The van der Waals surface area contributed by atoms with Crippen molar-refractivity contribution in [3.8, 4) is 0 Å². The van der Waals surface area contributed by atoms with Gasteiger partial charge in [-0.05, 0) is 44.2 Å². The highest BCUT2D eigenvalue weighted by atomic mass is 19.1. The van der Waals surface area contributed by atoms with Gasteiger partial charge in [0, 0.05) is 12.2 Å². The monoisotopic (exact) mass is 270 g/mol. The van der Waals surface area contributed by atoms with Crippen LogP contribution < -0.4 is 11.3 Å². The molecule has 1 aromatic carbocycles. The standard InChI is InChI=1S/C14H20F2N2O/c1-9-5-6-11(15)13(14(9)16)12(18-17)8-10-4-2-3-7-19-10/h5-6,10,12,18H,2-4,7-8,17H2,1H3. The van der Waals surface area contributed by atoms with Crippen LogP contribution in [0.4, 0.5) is 8.78 Å². The van der Waals surface area contributed by atoms with Gasteiger partial charge in [0.2, 0.25) is 0 Å². The van der Waals surface area contributed by atoms with E-state index in [-0.39, 0.29) is 11.7 Å². The van der Waals surface area contributed by atoms with Crippen LogP contribution in [0, 0.1) is 18.6 Å². The van der Waals surface area contributed by atoms with E-state index in [2.05, 4.69) is 5.43 Å². The zero-order valence-electron chi connectivity index (χ0n) is 11.1. The molecule has 0 aliphatic carbocycles. The van der Waals surface area contributed by atoms with E-state index in [4.69, 9.17) is 10.6 Å². The van der Waals surface area contributed by atoms with Crippen LogP contribution in [0.15, 0.2) is 12.1 Å². The number of nitrogens with two attached hydrogens (primary N) is 1. The minimum Gasteiger partial charge on any atom is -0.378 e. The predicted molar refractivity (Wildman–Crippen MR) is 69.4 cm³/mol. The van der Waals surface area contributed by atoms with E-state index in [0.29, 0.717) is 18.6 Å². The zero-order valence-corrected chi connectivity index (χ0v) is 11.1. The number of halogens is 2.